The number of nitrogens with zero attached hydrogens (tertiary/aromatic N) is 2. The van der Waals surface area contributed by atoms with Gasteiger partial charge in [-0.25, -0.2) is 4.98 Å². The van der Waals surface area contributed by atoms with Gasteiger partial charge in [-0.1, -0.05) is 6.07 Å². The molecule has 0 N–H and O–H groups in total. The van der Waals surface area contributed by atoms with Gasteiger partial charge in [-0.3, -0.25) is 9.19 Å². The third-order valence-corrected chi connectivity index (χ3v) is 5.78. The largest absolute Gasteiger partial charge is 0.493 e. The molecule has 0 amide bonds. The molecule has 0 saturated carbocycles. The van der Waals surface area contributed by atoms with Crippen LogP contribution in [0, 0.1) is 6.92 Å². The highest BCUT2D eigenvalue weighted by molar-refractivity contribution is 7.84. The lowest BCUT2D eigenvalue weighted by atomic mass is 10.2. The fourth-order valence-corrected chi connectivity index (χ4v) is 4.34. The fraction of sp³-hybridized carbons (Fsp3) is 0.333. The molecule has 0 radical (unpaired) electrons. The first-order chi connectivity index (χ1) is 12.1. The third-order valence-electron chi connectivity index (χ3n) is 3.80. The van der Waals surface area contributed by atoms with E-state index in [1.807, 2.05) is 31.2 Å². The van der Waals surface area contributed by atoms with Crippen LogP contribution in [0.15, 0.2) is 35.4 Å². The average molecular weight is 377 g/mol. The lowest BCUT2D eigenvalue weighted by molar-refractivity contribution is 0.172. The first-order valence-electron chi connectivity index (χ1n) is 7.92. The molecule has 25 heavy (non-hydrogen) atoms. The molecule has 132 valence electrons. The summed E-state index contributed by atoms with van der Waals surface area (Å²) in [7, 11) is 0.606. The fourth-order valence-electron chi connectivity index (χ4n) is 2.53. The number of fused-ring (bicyclic) bond motifs is 1. The molecule has 0 aliphatic rings. The van der Waals surface area contributed by atoms with Gasteiger partial charge in [0.1, 0.15) is 16.5 Å². The van der Waals surface area contributed by atoms with Crippen LogP contribution in [-0.4, -0.2) is 40.8 Å². The molecule has 2 aromatic heterocycles. The number of rotatable bonds is 7. The Kier molecular flexibility index (Phi) is 5.78. The summed E-state index contributed by atoms with van der Waals surface area (Å²) in [6, 6.07) is 7.63. The van der Waals surface area contributed by atoms with Crippen molar-refractivity contribution in [2.45, 2.75) is 18.2 Å². The normalized spacial score (nSPS) is 12.4. The van der Waals surface area contributed by atoms with Crippen molar-refractivity contribution >= 4 is 32.4 Å². The van der Waals surface area contributed by atoms with Crippen LogP contribution < -0.4 is 4.74 Å². The van der Waals surface area contributed by atoms with Gasteiger partial charge < -0.3 is 9.47 Å². The van der Waals surface area contributed by atoms with Gasteiger partial charge in [0.15, 0.2) is 0 Å². The number of hydrogen-bond donors (Lipinski definition) is 0. The predicted octanol–water partition coefficient (Wildman–Crippen LogP) is 3.82. The van der Waals surface area contributed by atoms with Crippen molar-refractivity contribution in [1.82, 2.24) is 9.97 Å². The van der Waals surface area contributed by atoms with Gasteiger partial charge >= 0.3 is 0 Å². The zero-order valence-corrected chi connectivity index (χ0v) is 16.1. The molecule has 7 heteroatoms. The molecular formula is C18H20N2O3S2. The number of para-hydroxylation sites is 1. The van der Waals surface area contributed by atoms with Crippen molar-refractivity contribution in [2.75, 3.05) is 26.6 Å². The van der Waals surface area contributed by atoms with Crippen LogP contribution in [0.25, 0.3) is 20.9 Å². The van der Waals surface area contributed by atoms with E-state index in [1.165, 1.54) is 0 Å². The molecule has 0 fully saturated rings. The van der Waals surface area contributed by atoms with E-state index in [0.29, 0.717) is 13.2 Å². The van der Waals surface area contributed by atoms with Crippen LogP contribution in [-0.2, 0) is 15.5 Å². The molecule has 1 unspecified atom stereocenters. The number of hydrogen-bond acceptors (Lipinski definition) is 6. The van der Waals surface area contributed by atoms with Crippen molar-refractivity contribution in [3.63, 3.8) is 0 Å². The Morgan fingerprint density at radius 3 is 2.84 bits per heavy atom. The molecule has 5 nitrogen and oxygen atoms in total. The first-order valence-corrected chi connectivity index (χ1v) is 10.3. The zero-order valence-electron chi connectivity index (χ0n) is 14.4. The Balaban J connectivity index is 1.95. The smallest absolute Gasteiger partial charge is 0.143 e. The van der Waals surface area contributed by atoms with Crippen LogP contribution in [0.3, 0.4) is 0 Å². The minimum Gasteiger partial charge on any atom is -0.493 e. The molecule has 1 atom stereocenters. The van der Waals surface area contributed by atoms with Crippen LogP contribution >= 0.6 is 11.3 Å². The van der Waals surface area contributed by atoms with Gasteiger partial charge in [-0.15, -0.1) is 11.3 Å². The molecule has 0 spiro atoms. The van der Waals surface area contributed by atoms with E-state index in [0.717, 1.165) is 43.5 Å². The molecular weight excluding hydrogens is 356 g/mol. The highest BCUT2D eigenvalue weighted by Gasteiger charge is 2.16. The highest BCUT2D eigenvalue weighted by atomic mass is 32.2. The average Bonchev–Trinajstić information content (AvgIpc) is 3.03. The van der Waals surface area contributed by atoms with Gasteiger partial charge in [0.2, 0.25) is 0 Å². The summed E-state index contributed by atoms with van der Waals surface area (Å²) >= 11 is 1.55. The topological polar surface area (TPSA) is 61.3 Å². The van der Waals surface area contributed by atoms with Crippen LogP contribution in [0.4, 0.5) is 0 Å². The number of methoxy groups -OCH3 is 1. The molecule has 0 aliphatic heterocycles. The molecule has 1 aromatic carbocycles. The summed E-state index contributed by atoms with van der Waals surface area (Å²) in [5.41, 5.74) is 2.55. The Morgan fingerprint density at radius 2 is 2.08 bits per heavy atom. The van der Waals surface area contributed by atoms with Gasteiger partial charge in [0.05, 0.1) is 32.5 Å². The third kappa shape index (κ3) is 3.89. The maximum atomic E-state index is 11.9. The first kappa shape index (κ1) is 18.0. The number of benzene rings is 1. The number of thiazole rings is 1. The van der Waals surface area contributed by atoms with Crippen molar-refractivity contribution in [2.24, 2.45) is 0 Å². The SMILES string of the molecule is COCCCOc1ccnc(-c2nc3c(S(C)=O)cccc3s2)c1C. The second-order valence-corrected chi connectivity index (χ2v) is 7.93. The molecule has 0 bridgehead atoms. The minimum absolute atomic E-state index is 0.594. The van der Waals surface area contributed by atoms with E-state index in [2.05, 4.69) is 4.98 Å². The number of ether oxygens (including phenoxy) is 2. The van der Waals surface area contributed by atoms with E-state index in [4.69, 9.17) is 14.5 Å². The van der Waals surface area contributed by atoms with Crippen molar-refractivity contribution in [3.8, 4) is 16.5 Å². The van der Waals surface area contributed by atoms with Crippen LogP contribution in [0.1, 0.15) is 12.0 Å². The van der Waals surface area contributed by atoms with Gasteiger partial charge in [0, 0.05) is 38.2 Å². The Hall–Kier alpha value is -1.83. The summed E-state index contributed by atoms with van der Waals surface area (Å²) in [5.74, 6) is 0.805. The zero-order chi connectivity index (χ0) is 17.8. The van der Waals surface area contributed by atoms with E-state index in [1.54, 1.807) is 30.9 Å². The van der Waals surface area contributed by atoms with E-state index >= 15 is 0 Å². The second kappa shape index (κ2) is 8.03. The van der Waals surface area contributed by atoms with E-state index in [-0.39, 0.29) is 0 Å². The predicted molar refractivity (Wildman–Crippen MR) is 102 cm³/mol. The highest BCUT2D eigenvalue weighted by Crippen LogP contribution is 2.35. The molecule has 0 aliphatic carbocycles. The maximum Gasteiger partial charge on any atom is 0.143 e. The van der Waals surface area contributed by atoms with Crippen LogP contribution in [0.2, 0.25) is 0 Å². The number of pyridine rings is 1. The number of aromatic nitrogens is 2. The molecule has 2 heterocycles. The van der Waals surface area contributed by atoms with Gasteiger partial charge in [-0.2, -0.15) is 0 Å². The summed E-state index contributed by atoms with van der Waals surface area (Å²) in [6.07, 6.45) is 4.24. The quantitative estimate of drug-likeness (QED) is 0.587. The molecule has 0 saturated heterocycles. The standard InChI is InChI=1S/C18H20N2O3S2/c1-12-13(23-11-5-10-22-2)8-9-19-16(12)18-20-17-14(24-18)6-4-7-15(17)25(3)21/h4,6-9H,5,10-11H2,1-3H3. The lowest BCUT2D eigenvalue weighted by Gasteiger charge is -2.10. The Labute approximate surface area is 153 Å². The Morgan fingerprint density at radius 1 is 1.24 bits per heavy atom. The monoisotopic (exact) mass is 376 g/mol. The van der Waals surface area contributed by atoms with E-state index in [9.17, 15) is 4.21 Å². The van der Waals surface area contributed by atoms with Gasteiger partial charge in [0.25, 0.3) is 0 Å². The van der Waals surface area contributed by atoms with Crippen molar-refractivity contribution in [3.05, 3.63) is 36.0 Å². The molecule has 3 aromatic rings. The van der Waals surface area contributed by atoms with Crippen LogP contribution in [0.5, 0.6) is 5.75 Å². The summed E-state index contributed by atoms with van der Waals surface area (Å²) in [4.78, 5) is 9.95. The van der Waals surface area contributed by atoms with Gasteiger partial charge in [-0.05, 0) is 25.1 Å². The summed E-state index contributed by atoms with van der Waals surface area (Å²) in [5, 5.41) is 0.813. The maximum absolute atomic E-state index is 11.9. The minimum atomic E-state index is -1.08. The summed E-state index contributed by atoms with van der Waals surface area (Å²) < 4.78 is 23.8. The molecule has 3 rings (SSSR count). The second-order valence-electron chi connectivity index (χ2n) is 5.55. The lowest BCUT2D eigenvalue weighted by Crippen LogP contribution is -2.03. The summed E-state index contributed by atoms with van der Waals surface area (Å²) in [6.45, 7) is 3.25. The Bertz CT molecular complexity index is 908. The van der Waals surface area contributed by atoms with Crippen molar-refractivity contribution < 1.29 is 13.7 Å². The van der Waals surface area contributed by atoms with E-state index < -0.39 is 10.8 Å². The van der Waals surface area contributed by atoms with Crippen molar-refractivity contribution in [1.29, 1.82) is 0 Å².